The molecule has 1 fully saturated rings. The Labute approximate surface area is 145 Å². The third-order valence-corrected chi connectivity index (χ3v) is 4.64. The van der Waals surface area contributed by atoms with E-state index in [1.54, 1.807) is 6.20 Å². The van der Waals surface area contributed by atoms with Gasteiger partial charge in [0.05, 0.1) is 18.0 Å². The smallest absolute Gasteiger partial charge is 0.407 e. The average molecular weight is 341 g/mol. The van der Waals surface area contributed by atoms with Crippen molar-refractivity contribution in [3.05, 3.63) is 24.8 Å². The van der Waals surface area contributed by atoms with Crippen LogP contribution in [0, 0.1) is 0 Å². The fourth-order valence-corrected chi connectivity index (χ4v) is 3.62. The lowest BCUT2D eigenvalue weighted by atomic mass is 10.2. The number of imidazole rings is 1. The second-order valence-electron chi connectivity index (χ2n) is 7.69. The number of amides is 1. The number of rotatable bonds is 2. The van der Waals surface area contributed by atoms with Crippen molar-refractivity contribution in [1.29, 1.82) is 0 Å². The molecule has 0 bridgehead atoms. The maximum atomic E-state index is 12.0. The van der Waals surface area contributed by atoms with Crippen molar-refractivity contribution in [1.82, 2.24) is 24.8 Å². The van der Waals surface area contributed by atoms with Gasteiger partial charge in [-0.15, -0.1) is 0 Å². The zero-order chi connectivity index (χ0) is 17.6. The molecule has 4 rings (SSSR count). The van der Waals surface area contributed by atoms with Crippen molar-refractivity contribution in [2.24, 2.45) is 0 Å². The molecule has 1 unspecified atom stereocenters. The number of hydrogen-bond acceptors (Lipinski definition) is 4. The number of aromatic amines is 1. The lowest BCUT2D eigenvalue weighted by molar-refractivity contribution is 0.0505. The largest absolute Gasteiger partial charge is 0.444 e. The second-order valence-corrected chi connectivity index (χ2v) is 7.69. The van der Waals surface area contributed by atoms with Gasteiger partial charge in [-0.2, -0.15) is 0 Å². The molecule has 1 saturated carbocycles. The van der Waals surface area contributed by atoms with Crippen LogP contribution in [-0.2, 0) is 4.74 Å². The van der Waals surface area contributed by atoms with E-state index in [0.717, 1.165) is 41.3 Å². The number of H-pyrrole nitrogens is 1. The minimum atomic E-state index is -0.477. The summed E-state index contributed by atoms with van der Waals surface area (Å²) in [5.74, 6) is 0. The number of pyridine rings is 1. The third-order valence-electron chi connectivity index (χ3n) is 4.64. The topological polar surface area (TPSA) is 84.8 Å². The van der Waals surface area contributed by atoms with Gasteiger partial charge in [0.25, 0.3) is 0 Å². The Morgan fingerprint density at radius 1 is 1.36 bits per heavy atom. The number of carbonyl (C=O) groups is 1. The zero-order valence-electron chi connectivity index (χ0n) is 14.7. The minimum absolute atomic E-state index is 0.126. The van der Waals surface area contributed by atoms with E-state index in [2.05, 4.69) is 24.8 Å². The summed E-state index contributed by atoms with van der Waals surface area (Å²) < 4.78 is 7.59. The molecule has 0 radical (unpaired) electrons. The fraction of sp³-hybridized carbons (Fsp3) is 0.500. The van der Waals surface area contributed by atoms with E-state index in [1.807, 2.05) is 39.4 Å². The summed E-state index contributed by atoms with van der Waals surface area (Å²) in [5.41, 5.74) is 2.40. The summed E-state index contributed by atoms with van der Waals surface area (Å²) in [4.78, 5) is 24.0. The van der Waals surface area contributed by atoms with Gasteiger partial charge in [0.15, 0.2) is 0 Å². The Kier molecular flexibility index (Phi) is 3.67. The fourth-order valence-electron chi connectivity index (χ4n) is 3.62. The number of fused-ring (bicyclic) bond motifs is 3. The molecule has 132 valence electrons. The molecule has 0 aliphatic heterocycles. The van der Waals surface area contributed by atoms with E-state index < -0.39 is 5.60 Å². The molecule has 7 heteroatoms. The van der Waals surface area contributed by atoms with Crippen molar-refractivity contribution in [2.45, 2.75) is 57.7 Å². The van der Waals surface area contributed by atoms with Crippen molar-refractivity contribution in [3.8, 4) is 0 Å². The Morgan fingerprint density at radius 3 is 3.00 bits per heavy atom. The SMILES string of the molecule is CC(C)(C)OC(=O)N[C@@H]1CCC(n2cnc3cnc4[nH]ccc4c32)C1. The Balaban J connectivity index is 1.53. The summed E-state index contributed by atoms with van der Waals surface area (Å²) in [5, 5.41) is 4.08. The van der Waals surface area contributed by atoms with Crippen LogP contribution in [0.2, 0.25) is 0 Å². The number of alkyl carbamates (subject to hydrolysis) is 1. The van der Waals surface area contributed by atoms with Gasteiger partial charge in [0.2, 0.25) is 0 Å². The first-order chi connectivity index (χ1) is 11.9. The van der Waals surface area contributed by atoms with Crippen LogP contribution in [0.3, 0.4) is 0 Å². The first-order valence-corrected chi connectivity index (χ1v) is 8.69. The summed E-state index contributed by atoms with van der Waals surface area (Å²) in [7, 11) is 0. The first-order valence-electron chi connectivity index (χ1n) is 8.69. The van der Waals surface area contributed by atoms with Gasteiger partial charge in [-0.1, -0.05) is 0 Å². The first kappa shape index (κ1) is 15.9. The Hall–Kier alpha value is -2.57. The van der Waals surface area contributed by atoms with Crippen LogP contribution < -0.4 is 5.32 Å². The molecule has 3 aromatic heterocycles. The highest BCUT2D eigenvalue weighted by atomic mass is 16.6. The van der Waals surface area contributed by atoms with Crippen LogP contribution in [0.25, 0.3) is 22.1 Å². The summed E-state index contributed by atoms with van der Waals surface area (Å²) in [6.45, 7) is 5.62. The van der Waals surface area contributed by atoms with Gasteiger partial charge in [-0.25, -0.2) is 14.8 Å². The quantitative estimate of drug-likeness (QED) is 0.747. The van der Waals surface area contributed by atoms with Crippen LogP contribution in [0.4, 0.5) is 4.79 Å². The number of hydrogen-bond donors (Lipinski definition) is 2. The molecule has 2 atom stereocenters. The molecule has 0 aromatic carbocycles. The molecule has 0 saturated heterocycles. The van der Waals surface area contributed by atoms with Gasteiger partial charge in [0.1, 0.15) is 16.8 Å². The predicted molar refractivity (Wildman–Crippen MR) is 95.4 cm³/mol. The Morgan fingerprint density at radius 2 is 2.20 bits per heavy atom. The van der Waals surface area contributed by atoms with Crippen molar-refractivity contribution < 1.29 is 9.53 Å². The van der Waals surface area contributed by atoms with E-state index in [-0.39, 0.29) is 12.1 Å². The normalized spacial score (nSPS) is 21.1. The van der Waals surface area contributed by atoms with Crippen LogP contribution in [-0.4, -0.2) is 37.3 Å². The van der Waals surface area contributed by atoms with E-state index in [9.17, 15) is 4.79 Å². The van der Waals surface area contributed by atoms with E-state index >= 15 is 0 Å². The van der Waals surface area contributed by atoms with Crippen LogP contribution in [0.15, 0.2) is 24.8 Å². The molecule has 1 aliphatic carbocycles. The van der Waals surface area contributed by atoms with Gasteiger partial charge in [-0.3, -0.25) is 0 Å². The molecule has 1 aliphatic rings. The molecule has 1 amide bonds. The molecule has 7 nitrogen and oxygen atoms in total. The Bertz CT molecular complexity index is 920. The molecule has 3 heterocycles. The van der Waals surface area contributed by atoms with Crippen molar-refractivity contribution in [3.63, 3.8) is 0 Å². The number of ether oxygens (including phenoxy) is 1. The summed E-state index contributed by atoms with van der Waals surface area (Å²) in [6.07, 6.45) is 8.06. The predicted octanol–water partition coefficient (Wildman–Crippen LogP) is 3.53. The zero-order valence-corrected chi connectivity index (χ0v) is 14.7. The average Bonchev–Trinajstić information content (AvgIpc) is 3.22. The summed E-state index contributed by atoms with van der Waals surface area (Å²) >= 11 is 0. The van der Waals surface area contributed by atoms with Crippen LogP contribution in [0.1, 0.15) is 46.1 Å². The molecule has 0 spiro atoms. The van der Waals surface area contributed by atoms with Gasteiger partial charge >= 0.3 is 6.09 Å². The molecule has 3 aromatic rings. The third kappa shape index (κ3) is 3.06. The van der Waals surface area contributed by atoms with Crippen LogP contribution in [0.5, 0.6) is 0 Å². The molecule has 25 heavy (non-hydrogen) atoms. The van der Waals surface area contributed by atoms with Crippen LogP contribution >= 0.6 is 0 Å². The lowest BCUT2D eigenvalue weighted by Gasteiger charge is -2.22. The highest BCUT2D eigenvalue weighted by Gasteiger charge is 2.29. The highest BCUT2D eigenvalue weighted by Crippen LogP contribution is 2.34. The van der Waals surface area contributed by atoms with E-state index in [0.29, 0.717) is 6.04 Å². The maximum Gasteiger partial charge on any atom is 0.407 e. The molecule has 2 N–H and O–H groups in total. The molecular weight excluding hydrogens is 318 g/mol. The number of nitrogens with one attached hydrogen (secondary N) is 2. The lowest BCUT2D eigenvalue weighted by Crippen LogP contribution is -2.38. The van der Waals surface area contributed by atoms with E-state index in [1.165, 1.54) is 0 Å². The standard InChI is InChI=1S/C18H23N5O2/c1-18(2,3)25-17(24)22-11-4-5-12(8-11)23-10-21-14-9-20-16-13(15(14)23)6-7-19-16/h6-7,9-12H,4-5,8H2,1-3H3,(H,19,20)(H,22,24)/t11-,12?/m1/s1. The monoisotopic (exact) mass is 341 g/mol. The van der Waals surface area contributed by atoms with Gasteiger partial charge in [-0.05, 0) is 46.1 Å². The highest BCUT2D eigenvalue weighted by molar-refractivity contribution is 6.00. The number of aromatic nitrogens is 4. The minimum Gasteiger partial charge on any atom is -0.444 e. The molecular formula is C18H23N5O2. The van der Waals surface area contributed by atoms with Gasteiger partial charge < -0.3 is 19.6 Å². The van der Waals surface area contributed by atoms with Crippen molar-refractivity contribution in [2.75, 3.05) is 0 Å². The maximum absolute atomic E-state index is 12.0. The van der Waals surface area contributed by atoms with Crippen molar-refractivity contribution >= 4 is 28.2 Å². The van der Waals surface area contributed by atoms with Gasteiger partial charge in [0, 0.05) is 23.7 Å². The van der Waals surface area contributed by atoms with E-state index in [4.69, 9.17) is 4.74 Å². The summed E-state index contributed by atoms with van der Waals surface area (Å²) in [6, 6.07) is 2.47. The number of nitrogens with zero attached hydrogens (tertiary/aromatic N) is 3. The second kappa shape index (κ2) is 5.75. The number of carbonyl (C=O) groups excluding carboxylic acids is 1.